The molecular weight excluding hydrogens is 399 g/mol. The molecule has 2 aliphatic rings. The van der Waals surface area contributed by atoms with E-state index in [0.29, 0.717) is 10.6 Å². The summed E-state index contributed by atoms with van der Waals surface area (Å²) in [5.74, 6) is -3.34. The van der Waals surface area contributed by atoms with E-state index in [0.717, 1.165) is 6.92 Å². The molecule has 140 valence electrons. The maximum atomic E-state index is 12.8. The molecule has 28 heavy (non-hydrogen) atoms. The number of rotatable bonds is 4. The molecule has 0 spiro atoms. The largest absolute Gasteiger partial charge is 1.00 e. The Bertz CT molecular complexity index is 1040. The van der Waals surface area contributed by atoms with Crippen molar-refractivity contribution in [2.75, 3.05) is 6.61 Å². The zero-order valence-electron chi connectivity index (χ0n) is 15.0. The summed E-state index contributed by atoms with van der Waals surface area (Å²) in [5, 5.41) is 10.0. The van der Waals surface area contributed by atoms with Gasteiger partial charge in [-0.25, -0.2) is 8.42 Å². The van der Waals surface area contributed by atoms with Crippen molar-refractivity contribution in [2.24, 2.45) is 0 Å². The molecule has 0 saturated carbocycles. The smallest absolute Gasteiger partial charge is 0.543 e. The standard InChI is InChI=1S/C17H14N2O7S.Na/c1-9-13(8-26-10(2)20)14(17(22)23)19-15(21)12(16(19)27(9,24)25)7-11-5-3-4-6-18-11;/h3-7,16H,1,8H2,2H3,(H,22,23);/q;+1/p-1/b12-7-;. The van der Waals surface area contributed by atoms with Crippen LogP contribution in [0.1, 0.15) is 12.6 Å². The molecule has 0 radical (unpaired) electrons. The van der Waals surface area contributed by atoms with E-state index in [2.05, 4.69) is 11.6 Å². The van der Waals surface area contributed by atoms with Crippen molar-refractivity contribution in [2.45, 2.75) is 12.3 Å². The minimum atomic E-state index is -4.19. The van der Waals surface area contributed by atoms with Crippen LogP contribution in [-0.2, 0) is 29.0 Å². The van der Waals surface area contributed by atoms with Gasteiger partial charge in [-0.2, -0.15) is 0 Å². The number of esters is 1. The van der Waals surface area contributed by atoms with Gasteiger partial charge >= 0.3 is 35.5 Å². The van der Waals surface area contributed by atoms with Gasteiger partial charge in [0.2, 0.25) is 9.84 Å². The third-order valence-corrected chi connectivity index (χ3v) is 6.06. The molecule has 0 aromatic carbocycles. The zero-order chi connectivity index (χ0) is 19.9. The Morgan fingerprint density at radius 1 is 1.39 bits per heavy atom. The van der Waals surface area contributed by atoms with Gasteiger partial charge in [0.05, 0.1) is 27.8 Å². The first-order valence-electron chi connectivity index (χ1n) is 7.63. The fourth-order valence-electron chi connectivity index (χ4n) is 2.83. The third-order valence-electron chi connectivity index (χ3n) is 4.07. The van der Waals surface area contributed by atoms with E-state index in [9.17, 15) is 27.9 Å². The number of carbonyl (C=O) groups is 3. The second kappa shape index (κ2) is 8.00. The topological polar surface area (TPSA) is 134 Å². The van der Waals surface area contributed by atoms with E-state index in [1.54, 1.807) is 18.2 Å². The summed E-state index contributed by atoms with van der Waals surface area (Å²) in [6.07, 6.45) is 2.74. The van der Waals surface area contributed by atoms with E-state index < -0.39 is 55.8 Å². The fraction of sp³-hybridized carbons (Fsp3) is 0.176. The molecular formula is C17H13N2NaO7S. The minimum absolute atomic E-state index is 0. The van der Waals surface area contributed by atoms with Crippen LogP contribution in [-0.4, -0.2) is 48.1 Å². The van der Waals surface area contributed by atoms with Gasteiger partial charge in [0, 0.05) is 18.7 Å². The van der Waals surface area contributed by atoms with Crippen LogP contribution in [0.2, 0.25) is 0 Å². The number of amides is 1. The van der Waals surface area contributed by atoms with E-state index in [-0.39, 0.29) is 35.1 Å². The number of carboxylic acids is 1. The number of pyridine rings is 1. The van der Waals surface area contributed by atoms with Crippen molar-refractivity contribution in [3.05, 3.63) is 58.4 Å². The number of ether oxygens (including phenoxy) is 1. The Morgan fingerprint density at radius 3 is 2.61 bits per heavy atom. The number of carbonyl (C=O) groups excluding carboxylic acids is 3. The average Bonchev–Trinajstić information content (AvgIpc) is 2.61. The van der Waals surface area contributed by atoms with Crippen LogP contribution in [0.5, 0.6) is 0 Å². The van der Waals surface area contributed by atoms with E-state index in [1.807, 2.05) is 0 Å². The molecule has 3 rings (SSSR count). The number of hydrogen-bond donors (Lipinski definition) is 0. The summed E-state index contributed by atoms with van der Waals surface area (Å²) in [5.41, 5.74) is -0.873. The maximum Gasteiger partial charge on any atom is 1.00 e. The van der Waals surface area contributed by atoms with E-state index in [1.165, 1.54) is 12.3 Å². The van der Waals surface area contributed by atoms with Crippen LogP contribution in [0.4, 0.5) is 0 Å². The first kappa shape index (κ1) is 22.0. The van der Waals surface area contributed by atoms with Gasteiger partial charge in [-0.15, -0.1) is 0 Å². The van der Waals surface area contributed by atoms with Crippen LogP contribution in [0.3, 0.4) is 0 Å². The summed E-state index contributed by atoms with van der Waals surface area (Å²) in [6, 6.07) is 4.86. The molecule has 1 aromatic rings. The van der Waals surface area contributed by atoms with Gasteiger partial charge < -0.3 is 14.6 Å². The van der Waals surface area contributed by atoms with Gasteiger partial charge in [-0.05, 0) is 18.2 Å². The molecule has 1 saturated heterocycles. The number of carboxylic acid groups (broad SMARTS) is 1. The van der Waals surface area contributed by atoms with Crippen LogP contribution in [0, 0.1) is 0 Å². The normalized spacial score (nSPS) is 21.5. The van der Waals surface area contributed by atoms with Crippen molar-refractivity contribution in [1.29, 1.82) is 0 Å². The number of aromatic nitrogens is 1. The quantitative estimate of drug-likeness (QED) is 0.212. The minimum Gasteiger partial charge on any atom is -0.543 e. The third kappa shape index (κ3) is 3.55. The molecule has 1 unspecified atom stereocenters. The van der Waals surface area contributed by atoms with Crippen LogP contribution in [0.15, 0.2) is 52.7 Å². The maximum absolute atomic E-state index is 12.8. The predicted molar refractivity (Wildman–Crippen MR) is 89.6 cm³/mol. The molecule has 1 atom stereocenters. The number of nitrogens with zero attached hydrogens (tertiary/aromatic N) is 2. The summed E-state index contributed by atoms with van der Waals surface area (Å²) in [7, 11) is -4.19. The predicted octanol–water partition coefficient (Wildman–Crippen LogP) is -3.85. The second-order valence-corrected chi connectivity index (χ2v) is 7.77. The summed E-state index contributed by atoms with van der Waals surface area (Å²) in [6.45, 7) is 3.85. The summed E-state index contributed by atoms with van der Waals surface area (Å²) in [4.78, 5) is 39.2. The first-order chi connectivity index (χ1) is 12.7. The van der Waals surface area contributed by atoms with E-state index in [4.69, 9.17) is 4.74 Å². The van der Waals surface area contributed by atoms with Crippen LogP contribution < -0.4 is 34.7 Å². The van der Waals surface area contributed by atoms with Gasteiger partial charge in [0.15, 0.2) is 5.37 Å². The van der Waals surface area contributed by atoms with Crippen LogP contribution in [0.25, 0.3) is 6.08 Å². The average molecular weight is 412 g/mol. The van der Waals surface area contributed by atoms with Crippen molar-refractivity contribution < 1.29 is 62.2 Å². The van der Waals surface area contributed by atoms with E-state index >= 15 is 0 Å². The molecule has 11 heteroatoms. The molecule has 0 aliphatic carbocycles. The number of β-lactam (4-membered cyclic amide) rings is 1. The Hall–Kier alpha value is -2.27. The van der Waals surface area contributed by atoms with Crippen molar-refractivity contribution >= 4 is 33.8 Å². The molecule has 2 aliphatic heterocycles. The number of hydrogen-bond acceptors (Lipinski definition) is 8. The molecule has 0 bridgehead atoms. The molecule has 1 fully saturated rings. The van der Waals surface area contributed by atoms with Gasteiger partial charge in [0.25, 0.3) is 5.91 Å². The van der Waals surface area contributed by atoms with Gasteiger partial charge in [-0.3, -0.25) is 19.5 Å². The molecule has 1 aromatic heterocycles. The number of aliphatic carboxylic acids is 1. The Labute approximate surface area is 182 Å². The van der Waals surface area contributed by atoms with Gasteiger partial charge in [-0.1, -0.05) is 12.6 Å². The molecule has 0 N–H and O–H groups in total. The Balaban J connectivity index is 0.00000280. The zero-order valence-corrected chi connectivity index (χ0v) is 17.9. The second-order valence-electron chi connectivity index (χ2n) is 5.74. The Morgan fingerprint density at radius 2 is 2.07 bits per heavy atom. The molecule has 3 heterocycles. The van der Waals surface area contributed by atoms with Crippen molar-refractivity contribution in [1.82, 2.24) is 9.88 Å². The fourth-order valence-corrected chi connectivity index (χ4v) is 4.58. The van der Waals surface area contributed by atoms with Crippen LogP contribution >= 0.6 is 0 Å². The number of sulfone groups is 1. The number of fused-ring (bicyclic) bond motifs is 1. The Kier molecular flexibility index (Phi) is 6.29. The first-order valence-corrected chi connectivity index (χ1v) is 9.18. The molecule has 1 amide bonds. The summed E-state index contributed by atoms with van der Waals surface area (Å²) >= 11 is 0. The SMILES string of the molecule is C=C1C(COC(C)=O)=C(C(=O)[O-])N2C(=O)/C(=C/c3ccccn3)C2S1(=O)=O.[Na+]. The molecule has 9 nitrogen and oxygen atoms in total. The van der Waals surface area contributed by atoms with Crippen molar-refractivity contribution in [3.8, 4) is 0 Å². The van der Waals surface area contributed by atoms with Crippen molar-refractivity contribution in [3.63, 3.8) is 0 Å². The monoisotopic (exact) mass is 412 g/mol. The summed E-state index contributed by atoms with van der Waals surface area (Å²) < 4.78 is 30.3. The van der Waals surface area contributed by atoms with Gasteiger partial charge in [0.1, 0.15) is 6.61 Å².